The van der Waals surface area contributed by atoms with Crippen molar-refractivity contribution in [3.63, 3.8) is 0 Å². The Morgan fingerprint density at radius 2 is 1.52 bits per heavy atom. The number of nitrogens with zero attached hydrogens (tertiary/aromatic N) is 2. The highest BCUT2D eigenvalue weighted by Crippen LogP contribution is 2.31. The van der Waals surface area contributed by atoms with Crippen molar-refractivity contribution < 1.29 is 28.5 Å². The van der Waals surface area contributed by atoms with Crippen molar-refractivity contribution in [1.29, 1.82) is 0 Å². The van der Waals surface area contributed by atoms with E-state index in [4.69, 9.17) is 0 Å². The molecule has 1 heterocycles. The van der Waals surface area contributed by atoms with Crippen molar-refractivity contribution in [2.45, 2.75) is 50.6 Å². The number of likely N-dealkylation sites (tertiary alicyclic amines) is 1. The third kappa shape index (κ3) is 4.68. The van der Waals surface area contributed by atoms with Gasteiger partial charge in [-0.25, -0.2) is 0 Å². The van der Waals surface area contributed by atoms with Gasteiger partial charge in [0.2, 0.25) is 0 Å². The molecule has 0 saturated carbocycles. The Morgan fingerprint density at radius 3 is 2.15 bits per heavy atom. The molecule has 1 fully saturated rings. The number of anilines is 1. The monoisotopic (exact) mass is 476 g/mol. The van der Waals surface area contributed by atoms with Gasteiger partial charge in [-0.15, -0.1) is 0 Å². The molecule has 146 valence electrons. The van der Waals surface area contributed by atoms with Crippen molar-refractivity contribution in [3.8, 4) is 0 Å². The van der Waals surface area contributed by atoms with Gasteiger partial charge in [-0.1, -0.05) is 42.5 Å². The maximum absolute atomic E-state index is 2.70. The highest BCUT2D eigenvalue weighted by atomic mass is 127. The summed E-state index contributed by atoms with van der Waals surface area (Å²) in [5, 5.41) is 0. The molecule has 0 aromatic heterocycles. The summed E-state index contributed by atoms with van der Waals surface area (Å²) < 4.78 is 1.20. The molecular formula is C24H33IN2. The van der Waals surface area contributed by atoms with Gasteiger partial charge in [-0.05, 0) is 55.4 Å². The molecule has 0 unspecified atom stereocenters. The second-order valence-corrected chi connectivity index (χ2v) is 8.80. The van der Waals surface area contributed by atoms with Crippen molar-refractivity contribution in [3.05, 3.63) is 65.7 Å². The first-order valence-corrected chi connectivity index (χ1v) is 10.3. The second kappa shape index (κ2) is 8.95. The van der Waals surface area contributed by atoms with Crippen LogP contribution in [0.25, 0.3) is 0 Å². The number of rotatable bonds is 5. The fourth-order valence-electron chi connectivity index (χ4n) is 5.11. The van der Waals surface area contributed by atoms with E-state index in [1.807, 2.05) is 0 Å². The molecule has 0 radical (unpaired) electrons. The van der Waals surface area contributed by atoms with E-state index >= 15 is 0 Å². The fourth-order valence-corrected chi connectivity index (χ4v) is 5.11. The summed E-state index contributed by atoms with van der Waals surface area (Å²) in [6.45, 7) is 2.51. The van der Waals surface area contributed by atoms with Crippen LogP contribution in [-0.4, -0.2) is 43.8 Å². The zero-order chi connectivity index (χ0) is 18.0. The van der Waals surface area contributed by atoms with Crippen molar-refractivity contribution in [2.75, 3.05) is 32.1 Å². The molecule has 1 aliphatic heterocycles. The first-order valence-electron chi connectivity index (χ1n) is 10.3. The fraction of sp³-hybridized carbons (Fsp3) is 0.500. The minimum absolute atomic E-state index is 0. The lowest BCUT2D eigenvalue weighted by Gasteiger charge is -2.43. The Morgan fingerprint density at radius 1 is 0.889 bits per heavy atom. The molecule has 3 heteroatoms. The lowest BCUT2D eigenvalue weighted by Crippen LogP contribution is -3.00. The van der Waals surface area contributed by atoms with Crippen LogP contribution in [-0.2, 0) is 12.8 Å². The Balaban J connectivity index is 0.00000210. The maximum Gasteiger partial charge on any atom is 0.0903 e. The molecule has 2 aromatic rings. The van der Waals surface area contributed by atoms with E-state index in [9.17, 15) is 0 Å². The van der Waals surface area contributed by atoms with E-state index in [-0.39, 0.29) is 24.0 Å². The van der Waals surface area contributed by atoms with E-state index in [1.165, 1.54) is 61.8 Å². The number of quaternary nitrogens is 1. The summed E-state index contributed by atoms with van der Waals surface area (Å²) in [5.41, 5.74) is 4.49. The average Bonchev–Trinajstić information content (AvgIpc) is 3.07. The minimum Gasteiger partial charge on any atom is -1.00 e. The summed E-state index contributed by atoms with van der Waals surface area (Å²) in [5.74, 6) is 0. The molecule has 0 amide bonds. The molecule has 1 saturated heterocycles. The Kier molecular flexibility index (Phi) is 6.85. The summed E-state index contributed by atoms with van der Waals surface area (Å²) in [4.78, 5) is 2.70. The van der Waals surface area contributed by atoms with Crippen LogP contribution in [0.15, 0.2) is 54.6 Å². The van der Waals surface area contributed by atoms with Gasteiger partial charge in [-0.3, -0.25) is 0 Å². The molecule has 4 rings (SSSR count). The third-order valence-corrected chi connectivity index (χ3v) is 6.77. The molecule has 2 nitrogen and oxygen atoms in total. The minimum atomic E-state index is 0. The van der Waals surface area contributed by atoms with Crippen LogP contribution in [0.3, 0.4) is 0 Å². The predicted molar refractivity (Wildman–Crippen MR) is 111 cm³/mol. The standard InChI is InChI=1S/C24H33N2.HI/c1-26(2)17-9-8-14-24(26)15-16-25(22-12-4-3-5-13-22)23-18-20-10-6-7-11-21(20)19-23;/h3-7,10-13,23-24H,8-9,14-19H2,1-2H3;1H/q+1;/p-1/t24-;/m1./s1. The molecule has 27 heavy (non-hydrogen) atoms. The summed E-state index contributed by atoms with van der Waals surface area (Å²) >= 11 is 0. The first-order chi connectivity index (χ1) is 12.6. The van der Waals surface area contributed by atoms with E-state index in [1.54, 1.807) is 11.1 Å². The van der Waals surface area contributed by atoms with Crippen LogP contribution in [0.4, 0.5) is 5.69 Å². The first kappa shape index (κ1) is 20.7. The van der Waals surface area contributed by atoms with Crippen molar-refractivity contribution in [1.82, 2.24) is 0 Å². The lowest BCUT2D eigenvalue weighted by molar-refractivity contribution is -0.920. The molecule has 0 N–H and O–H groups in total. The van der Waals surface area contributed by atoms with Crippen LogP contribution in [0.2, 0.25) is 0 Å². The second-order valence-electron chi connectivity index (χ2n) is 8.80. The number of hydrogen-bond donors (Lipinski definition) is 0. The van der Waals surface area contributed by atoms with Gasteiger partial charge in [0.1, 0.15) is 0 Å². The third-order valence-electron chi connectivity index (χ3n) is 6.77. The van der Waals surface area contributed by atoms with Gasteiger partial charge in [0, 0.05) is 24.7 Å². The smallest absolute Gasteiger partial charge is 0.0903 e. The van der Waals surface area contributed by atoms with Crippen LogP contribution in [0.5, 0.6) is 0 Å². The number of fused-ring (bicyclic) bond motifs is 1. The molecular weight excluding hydrogens is 443 g/mol. The molecule has 2 aliphatic rings. The largest absolute Gasteiger partial charge is 1.00 e. The maximum atomic E-state index is 2.70. The Hall–Kier alpha value is -1.07. The van der Waals surface area contributed by atoms with Crippen LogP contribution < -0.4 is 28.9 Å². The normalized spacial score (nSPS) is 21.3. The van der Waals surface area contributed by atoms with E-state index < -0.39 is 0 Å². The molecule has 1 atom stereocenters. The van der Waals surface area contributed by atoms with E-state index in [2.05, 4.69) is 73.6 Å². The molecule has 0 spiro atoms. The summed E-state index contributed by atoms with van der Waals surface area (Å²) in [6, 6.07) is 21.5. The van der Waals surface area contributed by atoms with Gasteiger partial charge in [-0.2, -0.15) is 0 Å². The number of piperidine rings is 1. The van der Waals surface area contributed by atoms with Crippen molar-refractivity contribution in [2.24, 2.45) is 0 Å². The Labute approximate surface area is 182 Å². The van der Waals surface area contributed by atoms with Crippen LogP contribution in [0.1, 0.15) is 36.8 Å². The zero-order valence-corrected chi connectivity index (χ0v) is 18.9. The van der Waals surface area contributed by atoms with E-state index in [0.717, 1.165) is 6.04 Å². The van der Waals surface area contributed by atoms with Gasteiger partial charge >= 0.3 is 0 Å². The van der Waals surface area contributed by atoms with Gasteiger partial charge in [0.05, 0.1) is 26.7 Å². The van der Waals surface area contributed by atoms with Gasteiger partial charge in [0.25, 0.3) is 0 Å². The number of benzene rings is 2. The average molecular weight is 476 g/mol. The quantitative estimate of drug-likeness (QED) is 0.469. The topological polar surface area (TPSA) is 3.24 Å². The predicted octanol–water partition coefficient (Wildman–Crippen LogP) is 1.68. The van der Waals surface area contributed by atoms with E-state index in [0.29, 0.717) is 6.04 Å². The van der Waals surface area contributed by atoms with Crippen LogP contribution >= 0.6 is 0 Å². The lowest BCUT2D eigenvalue weighted by atomic mass is 9.96. The Bertz CT molecular complexity index is 703. The molecule has 0 bridgehead atoms. The highest BCUT2D eigenvalue weighted by molar-refractivity contribution is 5.49. The summed E-state index contributed by atoms with van der Waals surface area (Å²) in [6.07, 6.45) is 7.87. The number of hydrogen-bond acceptors (Lipinski definition) is 1. The molecule has 1 aliphatic carbocycles. The highest BCUT2D eigenvalue weighted by Gasteiger charge is 2.33. The van der Waals surface area contributed by atoms with Gasteiger partial charge in [0.15, 0.2) is 0 Å². The summed E-state index contributed by atoms with van der Waals surface area (Å²) in [7, 11) is 4.87. The van der Waals surface area contributed by atoms with Crippen LogP contribution in [0, 0.1) is 0 Å². The zero-order valence-electron chi connectivity index (χ0n) is 16.8. The van der Waals surface area contributed by atoms with Gasteiger partial charge < -0.3 is 33.4 Å². The SMILES string of the molecule is C[N+]1(C)CCCC[C@@H]1CCN(c1ccccc1)C1Cc2ccccc2C1.[I-]. The number of para-hydroxylation sites is 1. The number of halogens is 1. The molecule has 2 aromatic carbocycles. The van der Waals surface area contributed by atoms with Crippen molar-refractivity contribution >= 4 is 5.69 Å².